The van der Waals surface area contributed by atoms with E-state index >= 15 is 0 Å². The Morgan fingerprint density at radius 3 is 1.81 bits per heavy atom. The van der Waals surface area contributed by atoms with E-state index in [1.807, 2.05) is 60.7 Å². The molecule has 0 fully saturated rings. The van der Waals surface area contributed by atoms with Gasteiger partial charge in [-0.2, -0.15) is 0 Å². The van der Waals surface area contributed by atoms with Crippen molar-refractivity contribution in [1.29, 1.82) is 0 Å². The van der Waals surface area contributed by atoms with Crippen molar-refractivity contribution in [2.75, 3.05) is 0 Å². The summed E-state index contributed by atoms with van der Waals surface area (Å²) in [6.45, 7) is 6.85. The average Bonchev–Trinajstić information content (AvgIpc) is 2.72. The molecule has 166 valence electrons. The van der Waals surface area contributed by atoms with Crippen LogP contribution < -0.4 is 0 Å². The number of hydrogen-bond acceptors (Lipinski definition) is 3. The predicted octanol–water partition coefficient (Wildman–Crippen LogP) is 6.06. The summed E-state index contributed by atoms with van der Waals surface area (Å²) in [5.74, 6) is -2.04. The number of rotatable bonds is 6. The van der Waals surface area contributed by atoms with E-state index in [0.29, 0.717) is 11.3 Å². The highest BCUT2D eigenvalue weighted by atomic mass is 19.1. The van der Waals surface area contributed by atoms with Gasteiger partial charge in [0, 0.05) is 23.1 Å². The third-order valence-corrected chi connectivity index (χ3v) is 4.74. The van der Waals surface area contributed by atoms with Crippen LogP contribution in [0.25, 0.3) is 0 Å². The number of hydrogen-bond donors (Lipinski definition) is 0. The summed E-state index contributed by atoms with van der Waals surface area (Å²) in [5, 5.41) is 0. The predicted molar refractivity (Wildman–Crippen MR) is 123 cm³/mol. The second-order valence-electron chi connectivity index (χ2n) is 8.67. The third-order valence-electron chi connectivity index (χ3n) is 4.74. The van der Waals surface area contributed by atoms with Crippen LogP contribution >= 0.6 is 0 Å². The molecule has 5 heteroatoms. The fraction of sp³-hybridized carbons (Fsp3) is 0.259. The topological polar surface area (TPSA) is 38.7 Å². The summed E-state index contributed by atoms with van der Waals surface area (Å²) in [6.07, 6.45) is -0.254. The van der Waals surface area contributed by atoms with Crippen LogP contribution in [0.15, 0.2) is 77.8 Å². The first-order chi connectivity index (χ1) is 15.1. The van der Waals surface area contributed by atoms with E-state index in [4.69, 9.17) is 9.73 Å². The Kier molecular flexibility index (Phi) is 7.18. The number of esters is 1. The van der Waals surface area contributed by atoms with E-state index in [1.165, 1.54) is 12.1 Å². The van der Waals surface area contributed by atoms with Crippen LogP contribution in [0.5, 0.6) is 0 Å². The van der Waals surface area contributed by atoms with Gasteiger partial charge in [0.1, 0.15) is 17.2 Å². The van der Waals surface area contributed by atoms with Gasteiger partial charge in [-0.3, -0.25) is 4.99 Å². The molecule has 32 heavy (non-hydrogen) atoms. The molecule has 0 unspecified atom stereocenters. The van der Waals surface area contributed by atoms with Gasteiger partial charge in [-0.15, -0.1) is 0 Å². The minimum absolute atomic E-state index is 0.185. The molecular weight excluding hydrogens is 408 g/mol. The molecule has 0 saturated heterocycles. The van der Waals surface area contributed by atoms with E-state index in [-0.39, 0.29) is 12.0 Å². The first-order valence-electron chi connectivity index (χ1n) is 10.5. The van der Waals surface area contributed by atoms with Gasteiger partial charge in [0.25, 0.3) is 0 Å². The highest BCUT2D eigenvalue weighted by Crippen LogP contribution is 2.22. The molecule has 0 radical (unpaired) electrons. The summed E-state index contributed by atoms with van der Waals surface area (Å²) in [4.78, 5) is 17.8. The van der Waals surface area contributed by atoms with Crippen molar-refractivity contribution in [1.82, 2.24) is 0 Å². The van der Waals surface area contributed by atoms with Gasteiger partial charge in [-0.1, -0.05) is 60.7 Å². The largest absolute Gasteiger partial charge is 0.458 e. The number of aryl methyl sites for hydroxylation is 1. The molecule has 1 atom stereocenters. The van der Waals surface area contributed by atoms with Crippen LogP contribution in [0.3, 0.4) is 0 Å². The van der Waals surface area contributed by atoms with Gasteiger partial charge < -0.3 is 4.74 Å². The van der Waals surface area contributed by atoms with Crippen LogP contribution in [0.1, 0.15) is 43.0 Å². The molecule has 3 aromatic rings. The summed E-state index contributed by atoms with van der Waals surface area (Å²) in [6, 6.07) is 20.1. The van der Waals surface area contributed by atoms with Crippen LogP contribution in [-0.2, 0) is 16.0 Å². The Morgan fingerprint density at radius 1 is 0.906 bits per heavy atom. The zero-order chi connectivity index (χ0) is 23.3. The first-order valence-corrected chi connectivity index (χ1v) is 10.5. The van der Waals surface area contributed by atoms with E-state index in [0.717, 1.165) is 11.1 Å². The molecular formula is C27H27F2NO2. The molecule has 0 amide bonds. The highest BCUT2D eigenvalue weighted by Gasteiger charge is 2.28. The zero-order valence-corrected chi connectivity index (χ0v) is 18.7. The summed E-state index contributed by atoms with van der Waals surface area (Å²) < 4.78 is 34.8. The number of halogens is 2. The van der Waals surface area contributed by atoms with Crippen molar-refractivity contribution >= 4 is 11.7 Å². The highest BCUT2D eigenvalue weighted by molar-refractivity contribution is 6.13. The lowest BCUT2D eigenvalue weighted by atomic mass is 9.99. The molecule has 0 aliphatic heterocycles. The Hall–Kier alpha value is -3.34. The smallest absolute Gasteiger partial charge is 0.331 e. The molecule has 0 spiro atoms. The van der Waals surface area contributed by atoms with Crippen LogP contribution in [0, 0.1) is 18.6 Å². The average molecular weight is 436 g/mol. The van der Waals surface area contributed by atoms with Gasteiger partial charge >= 0.3 is 5.97 Å². The Morgan fingerprint density at radius 2 is 1.38 bits per heavy atom. The van der Waals surface area contributed by atoms with Crippen molar-refractivity contribution in [3.05, 3.63) is 107 Å². The summed E-state index contributed by atoms with van der Waals surface area (Å²) in [5.41, 5.74) is 1.64. The lowest BCUT2D eigenvalue weighted by Gasteiger charge is -2.23. The number of aliphatic imine (C=N–C) groups is 1. The second-order valence-corrected chi connectivity index (χ2v) is 8.67. The standard InChI is InChI=1S/C27H27F2NO2/c1-18-15-22(28)21(23(29)16-18)17-24(26(31)32-27(2,3)4)30-25(19-11-7-5-8-12-19)20-13-9-6-10-14-20/h5-16,24H,17H2,1-4H3/t24-/m0/s1. The summed E-state index contributed by atoms with van der Waals surface area (Å²) >= 11 is 0. The van der Waals surface area contributed by atoms with Gasteiger partial charge in [0.15, 0.2) is 6.04 Å². The van der Waals surface area contributed by atoms with E-state index in [9.17, 15) is 13.6 Å². The van der Waals surface area contributed by atoms with E-state index in [1.54, 1.807) is 27.7 Å². The Balaban J connectivity index is 2.12. The molecule has 0 bridgehead atoms. The molecule has 0 aliphatic carbocycles. The SMILES string of the molecule is Cc1cc(F)c(C[C@H](N=C(c2ccccc2)c2ccccc2)C(=O)OC(C)(C)C)c(F)c1. The molecule has 0 aliphatic rings. The molecule has 0 aromatic heterocycles. The number of carbonyl (C=O) groups excluding carboxylic acids is 1. The maximum Gasteiger partial charge on any atom is 0.331 e. The monoisotopic (exact) mass is 435 g/mol. The van der Waals surface area contributed by atoms with Gasteiger partial charge in [-0.05, 0) is 45.4 Å². The van der Waals surface area contributed by atoms with Gasteiger partial charge in [0.05, 0.1) is 5.71 Å². The van der Waals surface area contributed by atoms with Crippen molar-refractivity contribution in [2.24, 2.45) is 4.99 Å². The fourth-order valence-electron chi connectivity index (χ4n) is 3.33. The maximum absolute atomic E-state index is 14.6. The van der Waals surface area contributed by atoms with E-state index in [2.05, 4.69) is 0 Å². The minimum atomic E-state index is -1.13. The molecule has 0 heterocycles. The molecule has 3 aromatic carbocycles. The Labute approximate surface area is 187 Å². The zero-order valence-electron chi connectivity index (χ0n) is 18.7. The maximum atomic E-state index is 14.6. The lowest BCUT2D eigenvalue weighted by molar-refractivity contribution is -0.156. The third kappa shape index (κ3) is 6.10. The van der Waals surface area contributed by atoms with E-state index < -0.39 is 29.2 Å². The summed E-state index contributed by atoms with van der Waals surface area (Å²) in [7, 11) is 0. The number of benzene rings is 3. The molecule has 3 rings (SSSR count). The normalized spacial score (nSPS) is 12.2. The lowest BCUT2D eigenvalue weighted by Crippen LogP contribution is -2.33. The molecule has 3 nitrogen and oxygen atoms in total. The van der Waals surface area contributed by atoms with Crippen molar-refractivity contribution in [2.45, 2.75) is 45.8 Å². The Bertz CT molecular complexity index is 1040. The molecule has 0 saturated carbocycles. The van der Waals surface area contributed by atoms with Crippen molar-refractivity contribution in [3.63, 3.8) is 0 Å². The van der Waals surface area contributed by atoms with Crippen molar-refractivity contribution in [3.8, 4) is 0 Å². The fourth-order valence-corrected chi connectivity index (χ4v) is 3.33. The molecule has 0 N–H and O–H groups in total. The number of ether oxygens (including phenoxy) is 1. The minimum Gasteiger partial charge on any atom is -0.458 e. The van der Waals surface area contributed by atoms with Crippen molar-refractivity contribution < 1.29 is 18.3 Å². The van der Waals surface area contributed by atoms with Crippen LogP contribution in [-0.4, -0.2) is 23.3 Å². The second kappa shape index (κ2) is 9.86. The van der Waals surface area contributed by atoms with Gasteiger partial charge in [0.2, 0.25) is 0 Å². The quantitative estimate of drug-likeness (QED) is 0.349. The first kappa shape index (κ1) is 23.3. The van der Waals surface area contributed by atoms with Crippen LogP contribution in [0.2, 0.25) is 0 Å². The van der Waals surface area contributed by atoms with Gasteiger partial charge in [-0.25, -0.2) is 13.6 Å². The number of nitrogens with zero attached hydrogens (tertiary/aromatic N) is 1. The van der Waals surface area contributed by atoms with Crippen LogP contribution in [0.4, 0.5) is 8.78 Å². The number of carbonyl (C=O) groups is 1.